The Morgan fingerprint density at radius 3 is 2.72 bits per heavy atom. The van der Waals surface area contributed by atoms with E-state index in [4.69, 9.17) is 4.52 Å². The van der Waals surface area contributed by atoms with Crippen LogP contribution in [0.3, 0.4) is 0 Å². The number of likely N-dealkylation sites (tertiary alicyclic amines) is 1. The van der Waals surface area contributed by atoms with Gasteiger partial charge in [0, 0.05) is 18.7 Å². The number of nitrogens with zero attached hydrogens (tertiary/aromatic N) is 2. The minimum absolute atomic E-state index is 0.848. The Balaban J connectivity index is 1.39. The van der Waals surface area contributed by atoms with E-state index < -0.39 is 0 Å². The molecule has 2 heterocycles. The molecule has 1 N–H and O–H groups in total. The maximum Gasteiger partial charge on any atom is 0.133 e. The van der Waals surface area contributed by atoms with Crippen LogP contribution in [0, 0.1) is 12.8 Å². The molecule has 2 aliphatic rings. The summed E-state index contributed by atoms with van der Waals surface area (Å²) < 4.78 is 5.11. The Kier molecular flexibility index (Phi) is 3.66. The van der Waals surface area contributed by atoms with Gasteiger partial charge in [0.15, 0.2) is 0 Å². The molecule has 1 aromatic rings. The third-order valence-corrected chi connectivity index (χ3v) is 4.04. The van der Waals surface area contributed by atoms with Gasteiger partial charge in [0.25, 0.3) is 0 Å². The minimum Gasteiger partial charge on any atom is -0.361 e. The predicted octanol–water partition coefficient (Wildman–Crippen LogP) is 1.95. The Morgan fingerprint density at radius 1 is 1.33 bits per heavy atom. The van der Waals surface area contributed by atoms with E-state index in [1.807, 2.05) is 13.0 Å². The zero-order valence-electron chi connectivity index (χ0n) is 11.2. The maximum absolute atomic E-state index is 5.11. The topological polar surface area (TPSA) is 41.3 Å². The number of hydrogen-bond acceptors (Lipinski definition) is 4. The lowest BCUT2D eigenvalue weighted by molar-refractivity contribution is 0.171. The molecule has 4 nitrogen and oxygen atoms in total. The second kappa shape index (κ2) is 5.41. The molecule has 18 heavy (non-hydrogen) atoms. The number of rotatable bonds is 5. The highest BCUT2D eigenvalue weighted by Gasteiger charge is 2.24. The van der Waals surface area contributed by atoms with Gasteiger partial charge in [0.2, 0.25) is 0 Å². The van der Waals surface area contributed by atoms with Crippen molar-refractivity contribution >= 4 is 0 Å². The highest BCUT2D eigenvalue weighted by molar-refractivity contribution is 5.03. The van der Waals surface area contributed by atoms with Crippen LogP contribution in [-0.2, 0) is 6.54 Å². The van der Waals surface area contributed by atoms with Gasteiger partial charge in [-0.25, -0.2) is 0 Å². The molecular formula is C14H23N3O. The Labute approximate surface area is 109 Å². The van der Waals surface area contributed by atoms with Crippen LogP contribution in [0.4, 0.5) is 0 Å². The lowest BCUT2D eigenvalue weighted by Crippen LogP contribution is -2.37. The van der Waals surface area contributed by atoms with Crippen LogP contribution in [-0.4, -0.2) is 35.7 Å². The molecular weight excluding hydrogens is 226 g/mol. The van der Waals surface area contributed by atoms with Crippen LogP contribution in [0.5, 0.6) is 0 Å². The third-order valence-electron chi connectivity index (χ3n) is 4.04. The van der Waals surface area contributed by atoms with E-state index in [0.29, 0.717) is 0 Å². The lowest BCUT2D eigenvalue weighted by atomic mass is 9.96. The molecule has 0 bridgehead atoms. The first-order chi connectivity index (χ1) is 8.79. The van der Waals surface area contributed by atoms with E-state index in [9.17, 15) is 0 Å². The van der Waals surface area contributed by atoms with Gasteiger partial charge >= 0.3 is 0 Å². The molecule has 2 fully saturated rings. The van der Waals surface area contributed by atoms with Crippen molar-refractivity contribution in [2.24, 2.45) is 5.92 Å². The molecule has 100 valence electrons. The molecule has 1 aliphatic carbocycles. The van der Waals surface area contributed by atoms with Crippen LogP contribution in [0.1, 0.15) is 37.1 Å². The summed E-state index contributed by atoms with van der Waals surface area (Å²) in [6, 6.07) is 2.89. The summed E-state index contributed by atoms with van der Waals surface area (Å²) in [6.45, 7) is 6.51. The maximum atomic E-state index is 5.11. The van der Waals surface area contributed by atoms with Crippen LogP contribution in [0.15, 0.2) is 10.6 Å². The summed E-state index contributed by atoms with van der Waals surface area (Å²) in [5, 5.41) is 7.72. The van der Waals surface area contributed by atoms with Crippen molar-refractivity contribution in [2.45, 2.75) is 45.2 Å². The highest BCUT2D eigenvalue weighted by Crippen LogP contribution is 2.22. The SMILES string of the molecule is Cc1cc(CN2CCC(CNC3CC3)CC2)no1. The van der Waals surface area contributed by atoms with Crippen molar-refractivity contribution in [3.05, 3.63) is 17.5 Å². The Morgan fingerprint density at radius 2 is 2.11 bits per heavy atom. The third kappa shape index (κ3) is 3.33. The van der Waals surface area contributed by atoms with Gasteiger partial charge in [-0.15, -0.1) is 0 Å². The van der Waals surface area contributed by atoms with Crippen LogP contribution in [0.25, 0.3) is 0 Å². The van der Waals surface area contributed by atoms with Crippen LogP contribution < -0.4 is 5.32 Å². The van der Waals surface area contributed by atoms with E-state index in [1.165, 1.54) is 45.3 Å². The summed E-state index contributed by atoms with van der Waals surface area (Å²) in [5.41, 5.74) is 1.07. The van der Waals surface area contributed by atoms with Gasteiger partial charge in [-0.1, -0.05) is 5.16 Å². The van der Waals surface area contributed by atoms with Crippen molar-refractivity contribution in [3.8, 4) is 0 Å². The van der Waals surface area contributed by atoms with E-state index in [1.54, 1.807) is 0 Å². The molecule has 0 aromatic carbocycles. The molecule has 1 aromatic heterocycles. The fraction of sp³-hybridized carbons (Fsp3) is 0.786. The van der Waals surface area contributed by atoms with E-state index in [2.05, 4.69) is 15.4 Å². The Bertz CT molecular complexity index is 378. The van der Waals surface area contributed by atoms with Gasteiger partial charge in [0.1, 0.15) is 5.76 Å². The monoisotopic (exact) mass is 249 g/mol. The average Bonchev–Trinajstić information content (AvgIpc) is 3.12. The normalized spacial score (nSPS) is 22.5. The first-order valence-electron chi connectivity index (χ1n) is 7.17. The smallest absolute Gasteiger partial charge is 0.133 e. The van der Waals surface area contributed by atoms with Crippen molar-refractivity contribution < 1.29 is 4.52 Å². The van der Waals surface area contributed by atoms with Crippen LogP contribution >= 0.6 is 0 Å². The number of hydrogen-bond donors (Lipinski definition) is 1. The zero-order valence-corrected chi connectivity index (χ0v) is 11.2. The van der Waals surface area contributed by atoms with Gasteiger partial charge < -0.3 is 9.84 Å². The van der Waals surface area contributed by atoms with Crippen molar-refractivity contribution in [3.63, 3.8) is 0 Å². The summed E-state index contributed by atoms with van der Waals surface area (Å²) in [7, 11) is 0. The van der Waals surface area contributed by atoms with E-state index >= 15 is 0 Å². The molecule has 4 heteroatoms. The number of aromatic nitrogens is 1. The summed E-state index contributed by atoms with van der Waals surface area (Å²) in [5.74, 6) is 1.79. The molecule has 0 spiro atoms. The molecule has 0 radical (unpaired) electrons. The number of piperidine rings is 1. The number of aryl methyl sites for hydroxylation is 1. The Hall–Kier alpha value is -0.870. The van der Waals surface area contributed by atoms with Crippen molar-refractivity contribution in [1.29, 1.82) is 0 Å². The quantitative estimate of drug-likeness (QED) is 0.866. The lowest BCUT2D eigenvalue weighted by Gasteiger charge is -2.31. The van der Waals surface area contributed by atoms with Gasteiger partial charge in [0.05, 0.1) is 5.69 Å². The molecule has 1 aliphatic heterocycles. The van der Waals surface area contributed by atoms with E-state index in [-0.39, 0.29) is 0 Å². The van der Waals surface area contributed by atoms with Gasteiger partial charge in [-0.05, 0) is 58.2 Å². The highest BCUT2D eigenvalue weighted by atomic mass is 16.5. The molecule has 3 rings (SSSR count). The first kappa shape index (κ1) is 12.2. The standard InChI is InChI=1S/C14H23N3O/c1-11-8-14(16-18-11)10-17-6-4-12(5-7-17)9-15-13-2-3-13/h8,12-13,15H,2-7,9-10H2,1H3. The molecule has 0 atom stereocenters. The second-order valence-electron chi connectivity index (χ2n) is 5.83. The fourth-order valence-electron chi connectivity index (χ4n) is 2.69. The van der Waals surface area contributed by atoms with Crippen LogP contribution in [0.2, 0.25) is 0 Å². The molecule has 0 amide bonds. The van der Waals surface area contributed by atoms with Crippen molar-refractivity contribution in [2.75, 3.05) is 19.6 Å². The molecule has 1 saturated heterocycles. The minimum atomic E-state index is 0.848. The van der Waals surface area contributed by atoms with Gasteiger partial charge in [-0.2, -0.15) is 0 Å². The van der Waals surface area contributed by atoms with Crippen molar-refractivity contribution in [1.82, 2.24) is 15.4 Å². The number of nitrogens with one attached hydrogen (secondary N) is 1. The average molecular weight is 249 g/mol. The summed E-state index contributed by atoms with van der Waals surface area (Å²) >= 11 is 0. The molecule has 1 saturated carbocycles. The molecule has 0 unspecified atom stereocenters. The predicted molar refractivity (Wildman–Crippen MR) is 70.3 cm³/mol. The zero-order chi connectivity index (χ0) is 12.4. The van der Waals surface area contributed by atoms with E-state index in [0.717, 1.165) is 30.0 Å². The van der Waals surface area contributed by atoms with Gasteiger partial charge in [-0.3, -0.25) is 4.90 Å². The first-order valence-corrected chi connectivity index (χ1v) is 7.17. The largest absolute Gasteiger partial charge is 0.361 e. The fourth-order valence-corrected chi connectivity index (χ4v) is 2.69. The summed E-state index contributed by atoms with van der Waals surface area (Å²) in [6.07, 6.45) is 5.42. The summed E-state index contributed by atoms with van der Waals surface area (Å²) in [4.78, 5) is 2.49. The second-order valence-corrected chi connectivity index (χ2v) is 5.83.